The molecule has 0 spiro atoms. The summed E-state index contributed by atoms with van der Waals surface area (Å²) < 4.78 is 0. The van der Waals surface area contributed by atoms with E-state index in [-0.39, 0.29) is 4.99 Å². The first kappa shape index (κ1) is 14.3. The molecule has 2 rings (SSSR count). The van der Waals surface area contributed by atoms with Crippen LogP contribution in [0.3, 0.4) is 0 Å². The van der Waals surface area contributed by atoms with Crippen LogP contribution in [0.1, 0.15) is 5.56 Å². The van der Waals surface area contributed by atoms with Crippen LogP contribution in [0.25, 0.3) is 0 Å². The van der Waals surface area contributed by atoms with Gasteiger partial charge in [-0.05, 0) is 30.3 Å². The van der Waals surface area contributed by atoms with E-state index in [1.54, 1.807) is 48.5 Å². The minimum Gasteiger partial charge on any atom is -0.389 e. The highest BCUT2D eigenvalue weighted by molar-refractivity contribution is 7.80. The second-order valence-corrected chi connectivity index (χ2v) is 4.88. The lowest BCUT2D eigenvalue weighted by atomic mass is 10.2. The van der Waals surface area contributed by atoms with Crippen molar-refractivity contribution < 1.29 is 4.79 Å². The summed E-state index contributed by atoms with van der Waals surface area (Å²) in [5.74, 6) is 0. The van der Waals surface area contributed by atoms with Crippen molar-refractivity contribution >= 4 is 46.2 Å². The normalized spacial score (nSPS) is 9.85. The maximum atomic E-state index is 11.9. The SMILES string of the molecule is NC(=S)c1ccccc1NC(=O)Nc1cccc(Cl)c1. The summed E-state index contributed by atoms with van der Waals surface area (Å²) in [5.41, 5.74) is 7.37. The molecule has 0 aliphatic rings. The molecule has 0 saturated heterocycles. The Morgan fingerprint density at radius 3 is 2.55 bits per heavy atom. The van der Waals surface area contributed by atoms with E-state index in [2.05, 4.69) is 10.6 Å². The number of anilines is 2. The van der Waals surface area contributed by atoms with Crippen molar-refractivity contribution in [1.29, 1.82) is 0 Å². The van der Waals surface area contributed by atoms with Crippen LogP contribution in [0, 0.1) is 0 Å². The molecule has 4 nitrogen and oxygen atoms in total. The lowest BCUT2D eigenvalue weighted by Crippen LogP contribution is -2.22. The minimum atomic E-state index is -0.393. The van der Waals surface area contributed by atoms with Gasteiger partial charge in [0.15, 0.2) is 0 Å². The molecule has 0 unspecified atom stereocenters. The van der Waals surface area contributed by atoms with Gasteiger partial charge < -0.3 is 16.4 Å². The van der Waals surface area contributed by atoms with Gasteiger partial charge in [0, 0.05) is 16.3 Å². The van der Waals surface area contributed by atoms with Gasteiger partial charge in [-0.15, -0.1) is 0 Å². The largest absolute Gasteiger partial charge is 0.389 e. The molecule has 6 heteroatoms. The molecule has 102 valence electrons. The molecule has 0 heterocycles. The maximum Gasteiger partial charge on any atom is 0.323 e. The van der Waals surface area contributed by atoms with Gasteiger partial charge in [0.05, 0.1) is 5.69 Å². The molecular formula is C14H12ClN3OS. The number of carbonyl (C=O) groups excluding carboxylic acids is 1. The molecule has 20 heavy (non-hydrogen) atoms. The lowest BCUT2D eigenvalue weighted by molar-refractivity contribution is 0.262. The molecule has 0 radical (unpaired) electrons. The van der Waals surface area contributed by atoms with Crippen molar-refractivity contribution in [3.8, 4) is 0 Å². The fourth-order valence-corrected chi connectivity index (χ4v) is 2.03. The molecule has 0 aromatic heterocycles. The number of nitrogens with two attached hydrogens (primary N) is 1. The standard InChI is InChI=1S/C14H12ClN3OS/c15-9-4-3-5-10(8-9)17-14(19)18-12-7-2-1-6-11(12)13(16)20/h1-8H,(H2,16,20)(H2,17,18,19). The van der Waals surface area contributed by atoms with Gasteiger partial charge in [-0.3, -0.25) is 0 Å². The molecule has 4 N–H and O–H groups in total. The number of urea groups is 1. The molecule has 0 aliphatic heterocycles. The molecule has 0 fully saturated rings. The Hall–Kier alpha value is -2.11. The smallest absolute Gasteiger partial charge is 0.323 e. The van der Waals surface area contributed by atoms with Crippen molar-refractivity contribution in [2.45, 2.75) is 0 Å². The van der Waals surface area contributed by atoms with Gasteiger partial charge in [-0.1, -0.05) is 42.0 Å². The summed E-state index contributed by atoms with van der Waals surface area (Å²) in [4.78, 5) is 12.1. The van der Waals surface area contributed by atoms with Crippen molar-refractivity contribution in [1.82, 2.24) is 0 Å². The summed E-state index contributed by atoms with van der Waals surface area (Å²) in [6.07, 6.45) is 0. The molecular weight excluding hydrogens is 294 g/mol. The van der Waals surface area contributed by atoms with E-state index < -0.39 is 6.03 Å². The Kier molecular flexibility index (Phi) is 4.55. The van der Waals surface area contributed by atoms with Crippen LogP contribution in [0.5, 0.6) is 0 Å². The van der Waals surface area contributed by atoms with Crippen LogP contribution in [0.2, 0.25) is 5.02 Å². The third-order valence-electron chi connectivity index (χ3n) is 2.52. The van der Waals surface area contributed by atoms with Gasteiger partial charge in [0.25, 0.3) is 0 Å². The zero-order chi connectivity index (χ0) is 14.5. The predicted octanol–water partition coefficient (Wildman–Crippen LogP) is 3.62. The average molecular weight is 306 g/mol. The van der Waals surface area contributed by atoms with E-state index in [0.29, 0.717) is 22.0 Å². The maximum absolute atomic E-state index is 11.9. The fourth-order valence-electron chi connectivity index (χ4n) is 1.66. The zero-order valence-electron chi connectivity index (χ0n) is 10.4. The van der Waals surface area contributed by atoms with Crippen molar-refractivity contribution in [3.63, 3.8) is 0 Å². The highest BCUT2D eigenvalue weighted by atomic mass is 35.5. The van der Waals surface area contributed by atoms with Gasteiger partial charge in [0.1, 0.15) is 4.99 Å². The first-order chi connectivity index (χ1) is 9.56. The molecule has 2 aromatic rings. The molecule has 2 aromatic carbocycles. The van der Waals surface area contributed by atoms with E-state index >= 15 is 0 Å². The summed E-state index contributed by atoms with van der Waals surface area (Å²) in [6, 6.07) is 13.5. The van der Waals surface area contributed by atoms with Crippen LogP contribution in [-0.4, -0.2) is 11.0 Å². The van der Waals surface area contributed by atoms with Gasteiger partial charge in [0.2, 0.25) is 0 Å². The van der Waals surface area contributed by atoms with Crippen LogP contribution in [0.15, 0.2) is 48.5 Å². The second-order valence-electron chi connectivity index (χ2n) is 4.00. The minimum absolute atomic E-state index is 0.226. The highest BCUT2D eigenvalue weighted by Gasteiger charge is 2.08. The number of rotatable bonds is 3. The molecule has 0 atom stereocenters. The predicted molar refractivity (Wildman–Crippen MR) is 86.4 cm³/mol. The Morgan fingerprint density at radius 2 is 1.85 bits per heavy atom. The van der Waals surface area contributed by atoms with Crippen LogP contribution < -0.4 is 16.4 Å². The first-order valence-corrected chi connectivity index (χ1v) is 6.57. The number of hydrogen-bond donors (Lipinski definition) is 3. The van der Waals surface area contributed by atoms with E-state index in [1.807, 2.05) is 0 Å². The Bertz CT molecular complexity index is 660. The van der Waals surface area contributed by atoms with E-state index in [4.69, 9.17) is 29.6 Å². The number of hydrogen-bond acceptors (Lipinski definition) is 2. The number of nitrogens with one attached hydrogen (secondary N) is 2. The molecule has 0 bridgehead atoms. The Labute approximate surface area is 126 Å². The molecule has 2 amide bonds. The Morgan fingerprint density at radius 1 is 1.10 bits per heavy atom. The van der Waals surface area contributed by atoms with Gasteiger partial charge >= 0.3 is 6.03 Å². The number of thiocarbonyl (C=S) groups is 1. The van der Waals surface area contributed by atoms with Crippen molar-refractivity contribution in [3.05, 3.63) is 59.1 Å². The van der Waals surface area contributed by atoms with Crippen LogP contribution in [-0.2, 0) is 0 Å². The Balaban J connectivity index is 2.11. The van der Waals surface area contributed by atoms with Crippen molar-refractivity contribution in [2.24, 2.45) is 5.73 Å². The zero-order valence-corrected chi connectivity index (χ0v) is 12.0. The highest BCUT2D eigenvalue weighted by Crippen LogP contribution is 2.17. The number of benzene rings is 2. The van der Waals surface area contributed by atoms with Crippen LogP contribution in [0.4, 0.5) is 16.2 Å². The summed E-state index contributed by atoms with van der Waals surface area (Å²) in [6.45, 7) is 0. The van der Waals surface area contributed by atoms with E-state index in [0.717, 1.165) is 0 Å². The van der Waals surface area contributed by atoms with Crippen molar-refractivity contribution in [2.75, 3.05) is 10.6 Å². The number of carbonyl (C=O) groups is 1. The van der Waals surface area contributed by atoms with Gasteiger partial charge in [-0.25, -0.2) is 4.79 Å². The number of para-hydroxylation sites is 1. The number of halogens is 1. The topological polar surface area (TPSA) is 67.1 Å². The van der Waals surface area contributed by atoms with Gasteiger partial charge in [-0.2, -0.15) is 0 Å². The summed E-state index contributed by atoms with van der Waals surface area (Å²) in [5, 5.41) is 5.93. The molecule has 0 aliphatic carbocycles. The monoisotopic (exact) mass is 305 g/mol. The van der Waals surface area contributed by atoms with Crippen LogP contribution >= 0.6 is 23.8 Å². The lowest BCUT2D eigenvalue weighted by Gasteiger charge is -2.11. The summed E-state index contributed by atoms with van der Waals surface area (Å²) in [7, 11) is 0. The third kappa shape index (κ3) is 3.69. The quantitative estimate of drug-likeness (QED) is 0.759. The molecule has 0 saturated carbocycles. The first-order valence-electron chi connectivity index (χ1n) is 5.78. The van der Waals surface area contributed by atoms with E-state index in [9.17, 15) is 4.79 Å². The fraction of sp³-hybridized carbons (Fsp3) is 0. The van der Waals surface area contributed by atoms with E-state index in [1.165, 1.54) is 0 Å². The second kappa shape index (κ2) is 6.36. The third-order valence-corrected chi connectivity index (χ3v) is 2.98. The summed E-state index contributed by atoms with van der Waals surface area (Å²) >= 11 is 10.8. The average Bonchev–Trinajstić information content (AvgIpc) is 2.38. The number of amides is 2.